The zero-order valence-electron chi connectivity index (χ0n) is 17.0. The van der Waals surface area contributed by atoms with Crippen molar-refractivity contribution in [2.75, 3.05) is 12.9 Å². The molecular weight excluding hydrogens is 364 g/mol. The van der Waals surface area contributed by atoms with Gasteiger partial charge in [0.2, 0.25) is 0 Å². The van der Waals surface area contributed by atoms with Crippen molar-refractivity contribution in [2.45, 2.75) is 64.7 Å². The van der Waals surface area contributed by atoms with Gasteiger partial charge in [-0.25, -0.2) is 0 Å². The standard InChI is InChI=1S/C24H32O2S.CH4/c1-5-7-15-24(6-2,17-25)18-27-23-16-21(26-4)13-14-22(23)19(3)20-11-9-8-10-12-20;/h8-14,16-17,19H,5-7,15,18H2,1-4H3;1H4. The molecule has 0 aromatic heterocycles. The maximum Gasteiger partial charge on any atom is 0.126 e. The van der Waals surface area contributed by atoms with Gasteiger partial charge in [-0.2, -0.15) is 0 Å². The first-order valence-electron chi connectivity index (χ1n) is 9.91. The summed E-state index contributed by atoms with van der Waals surface area (Å²) in [6, 6.07) is 16.9. The molecule has 0 aliphatic heterocycles. The number of aldehydes is 1. The average Bonchev–Trinajstić information content (AvgIpc) is 2.74. The van der Waals surface area contributed by atoms with E-state index >= 15 is 0 Å². The Morgan fingerprint density at radius 3 is 2.43 bits per heavy atom. The first-order valence-corrected chi connectivity index (χ1v) is 10.9. The van der Waals surface area contributed by atoms with E-state index in [-0.39, 0.29) is 12.8 Å². The Labute approximate surface area is 176 Å². The van der Waals surface area contributed by atoms with Crippen LogP contribution in [0.15, 0.2) is 53.4 Å². The summed E-state index contributed by atoms with van der Waals surface area (Å²) >= 11 is 1.79. The lowest BCUT2D eigenvalue weighted by molar-refractivity contribution is -0.115. The second-order valence-electron chi connectivity index (χ2n) is 7.26. The summed E-state index contributed by atoms with van der Waals surface area (Å²) < 4.78 is 5.46. The van der Waals surface area contributed by atoms with Gasteiger partial charge in [0.1, 0.15) is 12.0 Å². The molecule has 0 amide bonds. The molecule has 0 heterocycles. The van der Waals surface area contributed by atoms with Crippen molar-refractivity contribution in [3.05, 3.63) is 59.7 Å². The van der Waals surface area contributed by atoms with E-state index < -0.39 is 0 Å². The maximum atomic E-state index is 11.9. The predicted octanol–water partition coefficient (Wildman–Crippen LogP) is 7.36. The normalized spacial score (nSPS) is 13.9. The molecule has 2 atom stereocenters. The molecule has 0 saturated heterocycles. The Bertz CT molecular complexity index is 714. The number of carbonyl (C=O) groups excluding carboxylic acids is 1. The van der Waals surface area contributed by atoms with Crippen molar-refractivity contribution >= 4 is 18.0 Å². The fraction of sp³-hybridized carbons (Fsp3) is 0.480. The number of carbonyl (C=O) groups is 1. The minimum absolute atomic E-state index is 0. The van der Waals surface area contributed by atoms with Crippen molar-refractivity contribution < 1.29 is 9.53 Å². The summed E-state index contributed by atoms with van der Waals surface area (Å²) in [7, 11) is 1.70. The van der Waals surface area contributed by atoms with Crippen LogP contribution in [0.4, 0.5) is 0 Å². The maximum absolute atomic E-state index is 11.9. The van der Waals surface area contributed by atoms with Gasteiger partial charge in [-0.1, -0.05) is 77.4 Å². The van der Waals surface area contributed by atoms with Crippen LogP contribution in [0.5, 0.6) is 5.75 Å². The van der Waals surface area contributed by atoms with Gasteiger partial charge < -0.3 is 9.53 Å². The summed E-state index contributed by atoms with van der Waals surface area (Å²) in [6.45, 7) is 6.55. The lowest BCUT2D eigenvalue weighted by Gasteiger charge is -2.27. The third-order valence-corrected chi connectivity index (χ3v) is 6.87. The first-order chi connectivity index (χ1) is 13.1. The van der Waals surface area contributed by atoms with Gasteiger partial charge in [0.05, 0.1) is 7.11 Å². The molecule has 2 aromatic carbocycles. The summed E-state index contributed by atoms with van der Waals surface area (Å²) in [6.07, 6.45) is 5.26. The molecule has 154 valence electrons. The zero-order valence-corrected chi connectivity index (χ0v) is 17.9. The highest BCUT2D eigenvalue weighted by Crippen LogP contribution is 2.39. The van der Waals surface area contributed by atoms with Crippen molar-refractivity contribution in [3.8, 4) is 5.75 Å². The molecule has 2 nitrogen and oxygen atoms in total. The summed E-state index contributed by atoms with van der Waals surface area (Å²) in [5, 5.41) is 0. The van der Waals surface area contributed by atoms with Gasteiger partial charge in [0.15, 0.2) is 0 Å². The number of hydrogen-bond donors (Lipinski definition) is 0. The smallest absolute Gasteiger partial charge is 0.126 e. The summed E-state index contributed by atoms with van der Waals surface area (Å²) in [5.74, 6) is 1.97. The second kappa shape index (κ2) is 12.0. The number of benzene rings is 2. The van der Waals surface area contributed by atoms with E-state index in [1.54, 1.807) is 18.9 Å². The summed E-state index contributed by atoms with van der Waals surface area (Å²) in [4.78, 5) is 13.1. The number of methoxy groups -OCH3 is 1. The molecule has 0 N–H and O–H groups in total. The highest BCUT2D eigenvalue weighted by atomic mass is 32.2. The van der Waals surface area contributed by atoms with Gasteiger partial charge in [0, 0.05) is 22.0 Å². The van der Waals surface area contributed by atoms with E-state index in [0.29, 0.717) is 5.92 Å². The molecule has 0 bridgehead atoms. The van der Waals surface area contributed by atoms with E-state index in [4.69, 9.17) is 4.74 Å². The van der Waals surface area contributed by atoms with Gasteiger partial charge in [-0.3, -0.25) is 0 Å². The SMILES string of the molecule is C.CCCCC(C=O)(CC)CSc1cc(OC)ccc1C(C)c1ccccc1. The van der Waals surface area contributed by atoms with Crippen molar-refractivity contribution in [2.24, 2.45) is 5.41 Å². The van der Waals surface area contributed by atoms with Crippen LogP contribution in [0.25, 0.3) is 0 Å². The Balaban J connectivity index is 0.00000392. The van der Waals surface area contributed by atoms with Crippen molar-refractivity contribution in [1.82, 2.24) is 0 Å². The first kappa shape index (κ1) is 24.3. The molecule has 3 heteroatoms. The fourth-order valence-corrected chi connectivity index (χ4v) is 4.79. The van der Waals surface area contributed by atoms with Crippen LogP contribution in [-0.4, -0.2) is 19.1 Å². The minimum Gasteiger partial charge on any atom is -0.497 e. The average molecular weight is 401 g/mol. The Morgan fingerprint density at radius 2 is 1.86 bits per heavy atom. The van der Waals surface area contributed by atoms with Crippen LogP contribution in [0.3, 0.4) is 0 Å². The third kappa shape index (κ3) is 6.13. The van der Waals surface area contributed by atoms with Crippen molar-refractivity contribution in [3.63, 3.8) is 0 Å². The molecule has 0 radical (unpaired) electrons. The number of ether oxygens (including phenoxy) is 1. The highest BCUT2D eigenvalue weighted by molar-refractivity contribution is 7.99. The fourth-order valence-electron chi connectivity index (χ4n) is 3.32. The molecule has 0 spiro atoms. The van der Waals surface area contributed by atoms with E-state index in [1.807, 2.05) is 12.1 Å². The van der Waals surface area contributed by atoms with Crippen molar-refractivity contribution in [1.29, 1.82) is 0 Å². The lowest BCUT2D eigenvalue weighted by atomic mass is 9.84. The Morgan fingerprint density at radius 1 is 1.14 bits per heavy atom. The number of rotatable bonds is 11. The zero-order chi connectivity index (χ0) is 19.7. The summed E-state index contributed by atoms with van der Waals surface area (Å²) in [5.41, 5.74) is 2.35. The molecule has 28 heavy (non-hydrogen) atoms. The van der Waals surface area contributed by atoms with Gasteiger partial charge in [-0.05, 0) is 36.1 Å². The molecule has 0 saturated carbocycles. The van der Waals surface area contributed by atoms with Gasteiger partial charge in [0.25, 0.3) is 0 Å². The monoisotopic (exact) mass is 400 g/mol. The van der Waals surface area contributed by atoms with Crippen LogP contribution < -0.4 is 4.74 Å². The molecule has 0 aliphatic rings. The quantitative estimate of drug-likeness (QED) is 0.291. The van der Waals surface area contributed by atoms with E-state index in [9.17, 15) is 4.79 Å². The number of thioether (sulfide) groups is 1. The molecule has 2 aromatic rings. The molecular formula is C25H36O2S. The van der Waals surface area contributed by atoms with Gasteiger partial charge in [-0.15, -0.1) is 11.8 Å². The Kier molecular flexibility index (Phi) is 10.4. The molecule has 0 fully saturated rings. The molecule has 0 aliphatic carbocycles. The number of hydrogen-bond acceptors (Lipinski definition) is 3. The second-order valence-corrected chi connectivity index (χ2v) is 8.28. The van der Waals surface area contributed by atoms with Crippen LogP contribution in [0, 0.1) is 5.41 Å². The molecule has 2 unspecified atom stereocenters. The van der Waals surface area contributed by atoms with Crippen LogP contribution in [0.1, 0.15) is 70.9 Å². The predicted molar refractivity (Wildman–Crippen MR) is 123 cm³/mol. The largest absolute Gasteiger partial charge is 0.497 e. The van der Waals surface area contributed by atoms with Crippen LogP contribution in [-0.2, 0) is 4.79 Å². The third-order valence-electron chi connectivity index (χ3n) is 5.48. The van der Waals surface area contributed by atoms with E-state index in [0.717, 1.165) is 37.2 Å². The van der Waals surface area contributed by atoms with Crippen LogP contribution >= 0.6 is 11.8 Å². The van der Waals surface area contributed by atoms with E-state index in [2.05, 4.69) is 57.2 Å². The minimum atomic E-state index is -0.239. The van der Waals surface area contributed by atoms with E-state index in [1.165, 1.54) is 22.3 Å². The lowest BCUT2D eigenvalue weighted by Crippen LogP contribution is -2.25. The topological polar surface area (TPSA) is 26.3 Å². The van der Waals surface area contributed by atoms with Crippen LogP contribution in [0.2, 0.25) is 0 Å². The Hall–Kier alpha value is -1.74. The highest BCUT2D eigenvalue weighted by Gasteiger charge is 2.28. The molecule has 2 rings (SSSR count). The number of unbranched alkanes of at least 4 members (excludes halogenated alkanes) is 1. The van der Waals surface area contributed by atoms with Gasteiger partial charge >= 0.3 is 0 Å².